The molecule has 0 aliphatic carbocycles. The molecule has 0 unspecified atom stereocenters. The van der Waals surface area contributed by atoms with Gasteiger partial charge in [-0.05, 0) is 49.4 Å². The van der Waals surface area contributed by atoms with Crippen molar-refractivity contribution < 1.29 is 38.1 Å². The standard InChI is InChI=1S/C30H38FN3O7/c1-7-39-23-14-19-15-34(29(32)25(19)26(31)28(23)40-8-2)16-22(36)18-12-20(30(4,5)6)27(21(13-18)33-17(3)35)41-11-9-10-24(37)38/h12-14,32H,7-11,15-16H2,1-6H3,(H,33,35)(H,37,38). The summed E-state index contributed by atoms with van der Waals surface area (Å²) in [5.74, 6) is -1.92. The number of Topliss-reactive ketones (excluding diaryl/α,β-unsaturated/α-hetero) is 1. The molecule has 0 atom stereocenters. The average Bonchev–Trinajstić information content (AvgIpc) is 3.18. The van der Waals surface area contributed by atoms with Gasteiger partial charge in [-0.15, -0.1) is 0 Å². The normalized spacial score (nSPS) is 12.7. The molecule has 1 aliphatic rings. The molecule has 2 aromatic rings. The summed E-state index contributed by atoms with van der Waals surface area (Å²) in [6.07, 6.45) is 0.198. The molecule has 3 N–H and O–H groups in total. The second kappa shape index (κ2) is 13.0. The van der Waals surface area contributed by atoms with E-state index in [0.717, 1.165) is 0 Å². The number of hydrogen-bond acceptors (Lipinski definition) is 7. The average molecular weight is 572 g/mol. The van der Waals surface area contributed by atoms with Crippen LogP contribution in [0.2, 0.25) is 0 Å². The van der Waals surface area contributed by atoms with Crippen LogP contribution in [0.4, 0.5) is 10.1 Å². The number of aliphatic carboxylic acids is 1. The van der Waals surface area contributed by atoms with Gasteiger partial charge in [-0.1, -0.05) is 20.8 Å². The first-order chi connectivity index (χ1) is 19.3. The number of ketones is 1. The van der Waals surface area contributed by atoms with E-state index in [4.69, 9.17) is 24.7 Å². The van der Waals surface area contributed by atoms with Crippen molar-refractivity contribution in [3.8, 4) is 17.2 Å². The van der Waals surface area contributed by atoms with Crippen LogP contribution in [-0.4, -0.2) is 59.9 Å². The third-order valence-electron chi connectivity index (χ3n) is 6.42. The van der Waals surface area contributed by atoms with Gasteiger partial charge in [0.2, 0.25) is 5.91 Å². The topological polar surface area (TPSA) is 138 Å². The number of amides is 1. The van der Waals surface area contributed by atoms with E-state index < -0.39 is 17.2 Å². The van der Waals surface area contributed by atoms with Crippen molar-refractivity contribution in [2.75, 3.05) is 31.7 Å². The number of carboxylic acid groups (broad SMARTS) is 1. The summed E-state index contributed by atoms with van der Waals surface area (Å²) in [5, 5.41) is 20.3. The third kappa shape index (κ3) is 7.33. The van der Waals surface area contributed by atoms with Crippen LogP contribution < -0.4 is 19.5 Å². The summed E-state index contributed by atoms with van der Waals surface area (Å²) in [7, 11) is 0. The summed E-state index contributed by atoms with van der Waals surface area (Å²) < 4.78 is 32.4. The fourth-order valence-electron chi connectivity index (χ4n) is 4.61. The number of nitrogens with one attached hydrogen (secondary N) is 2. The minimum absolute atomic E-state index is 0.0558. The van der Waals surface area contributed by atoms with Crippen LogP contribution in [0, 0.1) is 11.2 Å². The van der Waals surface area contributed by atoms with Crippen LogP contribution >= 0.6 is 0 Å². The smallest absolute Gasteiger partial charge is 0.303 e. The maximum atomic E-state index is 15.5. The van der Waals surface area contributed by atoms with Gasteiger partial charge >= 0.3 is 5.97 Å². The molecule has 222 valence electrons. The minimum Gasteiger partial charge on any atom is -0.491 e. The van der Waals surface area contributed by atoms with Crippen LogP contribution in [0.3, 0.4) is 0 Å². The number of nitrogens with zero attached hydrogens (tertiary/aromatic N) is 1. The fraction of sp³-hybridized carbons (Fsp3) is 0.467. The molecule has 0 radical (unpaired) electrons. The number of ether oxygens (including phenoxy) is 3. The zero-order valence-electron chi connectivity index (χ0n) is 24.4. The highest BCUT2D eigenvalue weighted by Crippen LogP contribution is 2.41. The molecule has 0 aromatic heterocycles. The monoisotopic (exact) mass is 571 g/mol. The fourth-order valence-corrected chi connectivity index (χ4v) is 4.61. The first-order valence-corrected chi connectivity index (χ1v) is 13.6. The zero-order chi connectivity index (χ0) is 30.5. The van der Waals surface area contributed by atoms with Gasteiger partial charge in [-0.2, -0.15) is 0 Å². The van der Waals surface area contributed by atoms with Gasteiger partial charge in [-0.3, -0.25) is 19.8 Å². The maximum absolute atomic E-state index is 15.5. The number of fused-ring (bicyclic) bond motifs is 1. The van der Waals surface area contributed by atoms with Crippen molar-refractivity contribution in [2.24, 2.45) is 0 Å². The van der Waals surface area contributed by atoms with E-state index >= 15 is 4.39 Å². The van der Waals surface area contributed by atoms with E-state index in [0.29, 0.717) is 23.5 Å². The first-order valence-electron chi connectivity index (χ1n) is 13.6. The summed E-state index contributed by atoms with van der Waals surface area (Å²) in [6.45, 7) is 11.2. The second-order valence-corrected chi connectivity index (χ2v) is 10.7. The summed E-state index contributed by atoms with van der Waals surface area (Å²) in [5.41, 5.74) is 1.31. The molecule has 0 fully saturated rings. The van der Waals surface area contributed by atoms with Crippen LogP contribution in [0.25, 0.3) is 0 Å². The maximum Gasteiger partial charge on any atom is 0.303 e. The molecule has 11 heteroatoms. The molecule has 1 aliphatic heterocycles. The molecule has 0 bridgehead atoms. The molecule has 10 nitrogen and oxygen atoms in total. The van der Waals surface area contributed by atoms with E-state index in [9.17, 15) is 14.4 Å². The third-order valence-corrected chi connectivity index (χ3v) is 6.42. The highest BCUT2D eigenvalue weighted by atomic mass is 19.1. The van der Waals surface area contributed by atoms with Gasteiger partial charge in [0.15, 0.2) is 23.1 Å². The van der Waals surface area contributed by atoms with Crippen LogP contribution in [-0.2, 0) is 21.5 Å². The van der Waals surface area contributed by atoms with Gasteiger partial charge in [0.05, 0.1) is 37.6 Å². The molecule has 1 heterocycles. The summed E-state index contributed by atoms with van der Waals surface area (Å²) in [6, 6.07) is 4.85. The predicted octanol–water partition coefficient (Wildman–Crippen LogP) is 5.15. The van der Waals surface area contributed by atoms with Gasteiger partial charge in [0, 0.05) is 31.0 Å². The Balaban J connectivity index is 1.94. The van der Waals surface area contributed by atoms with E-state index in [1.807, 2.05) is 20.8 Å². The Labute approximate surface area is 239 Å². The Hall–Kier alpha value is -4.15. The van der Waals surface area contributed by atoms with Crippen molar-refractivity contribution in [1.29, 1.82) is 5.41 Å². The van der Waals surface area contributed by atoms with E-state index in [2.05, 4.69) is 5.32 Å². The molecule has 2 aromatic carbocycles. The van der Waals surface area contributed by atoms with Crippen molar-refractivity contribution in [2.45, 2.75) is 66.3 Å². The van der Waals surface area contributed by atoms with E-state index in [-0.39, 0.29) is 85.0 Å². The zero-order valence-corrected chi connectivity index (χ0v) is 24.4. The molecule has 0 saturated heterocycles. The lowest BCUT2D eigenvalue weighted by atomic mass is 9.84. The van der Waals surface area contributed by atoms with Crippen molar-refractivity contribution in [3.63, 3.8) is 0 Å². The number of amidine groups is 1. The quantitative estimate of drug-likeness (QED) is 0.222. The summed E-state index contributed by atoms with van der Waals surface area (Å²) in [4.78, 5) is 38.0. The van der Waals surface area contributed by atoms with E-state index in [1.54, 1.807) is 26.0 Å². The SMILES string of the molecule is CCOc1cc2c(c(F)c1OCC)C(=N)N(CC(=O)c1cc(NC(C)=O)c(OCCCC(=O)O)c(C(C)(C)C)c1)C2. The number of carboxylic acids is 1. The van der Waals surface area contributed by atoms with Crippen molar-refractivity contribution in [1.82, 2.24) is 4.90 Å². The minimum atomic E-state index is -0.939. The molecule has 1 amide bonds. The summed E-state index contributed by atoms with van der Waals surface area (Å²) >= 11 is 0. The number of carbonyl (C=O) groups is 3. The van der Waals surface area contributed by atoms with Gasteiger partial charge in [-0.25, -0.2) is 4.39 Å². The first kappa shape index (κ1) is 31.4. The predicted molar refractivity (Wildman–Crippen MR) is 152 cm³/mol. The van der Waals surface area contributed by atoms with Crippen molar-refractivity contribution >= 4 is 29.2 Å². The number of benzene rings is 2. The number of rotatable bonds is 13. The van der Waals surface area contributed by atoms with Crippen LogP contribution in [0.5, 0.6) is 17.2 Å². The highest BCUT2D eigenvalue weighted by molar-refractivity contribution is 6.06. The number of halogens is 1. The molecule has 0 saturated carbocycles. The van der Waals surface area contributed by atoms with Crippen LogP contribution in [0.15, 0.2) is 18.2 Å². The Morgan fingerprint density at radius 2 is 1.76 bits per heavy atom. The lowest BCUT2D eigenvalue weighted by molar-refractivity contribution is -0.137. The number of anilines is 1. The second-order valence-electron chi connectivity index (χ2n) is 10.7. The number of carbonyl (C=O) groups excluding carboxylic acids is 2. The molecule has 41 heavy (non-hydrogen) atoms. The molecule has 3 rings (SSSR count). The highest BCUT2D eigenvalue weighted by Gasteiger charge is 2.34. The van der Waals surface area contributed by atoms with Gasteiger partial charge < -0.3 is 29.5 Å². The van der Waals surface area contributed by atoms with Crippen molar-refractivity contribution in [3.05, 3.63) is 46.3 Å². The lowest BCUT2D eigenvalue weighted by Crippen LogP contribution is -2.31. The molecule has 0 spiro atoms. The largest absolute Gasteiger partial charge is 0.491 e. The van der Waals surface area contributed by atoms with Gasteiger partial charge in [0.25, 0.3) is 0 Å². The molecular formula is C30H38FN3O7. The Morgan fingerprint density at radius 1 is 1.07 bits per heavy atom. The molecular weight excluding hydrogens is 533 g/mol. The van der Waals surface area contributed by atoms with Gasteiger partial charge in [0.1, 0.15) is 11.6 Å². The Bertz CT molecular complexity index is 1350. The van der Waals surface area contributed by atoms with E-state index in [1.165, 1.54) is 17.9 Å². The van der Waals surface area contributed by atoms with Crippen LogP contribution in [0.1, 0.15) is 81.4 Å². The number of hydrogen-bond donors (Lipinski definition) is 3. The lowest BCUT2D eigenvalue weighted by Gasteiger charge is -2.26. The Morgan fingerprint density at radius 3 is 2.34 bits per heavy atom. The Kier molecular flexibility index (Phi) is 9.96.